The first kappa shape index (κ1) is 14.4. The molecule has 22 heavy (non-hydrogen) atoms. The lowest BCUT2D eigenvalue weighted by molar-refractivity contribution is 0.561. The fourth-order valence-electron chi connectivity index (χ4n) is 2.19. The minimum atomic E-state index is -3.34. The highest BCUT2D eigenvalue weighted by atomic mass is 32.2. The first-order valence-electron chi connectivity index (χ1n) is 6.63. The molecule has 0 amide bonds. The second-order valence-electron chi connectivity index (χ2n) is 4.84. The summed E-state index contributed by atoms with van der Waals surface area (Å²) in [6, 6.07) is 20.1. The second-order valence-corrected chi connectivity index (χ2v) is 6.56. The molecule has 0 radical (unpaired) electrons. The number of rotatable bonds is 3. The van der Waals surface area contributed by atoms with Crippen molar-refractivity contribution in [1.82, 2.24) is 0 Å². The van der Waals surface area contributed by atoms with Crippen LogP contribution in [-0.4, -0.2) is 14.6 Å². The van der Waals surface area contributed by atoms with Crippen LogP contribution in [0.3, 0.4) is 0 Å². The fourth-order valence-corrected chi connectivity index (χ4v) is 3.03. The van der Waals surface area contributed by atoms with Crippen LogP contribution in [0.2, 0.25) is 0 Å². The van der Waals surface area contributed by atoms with Crippen molar-refractivity contribution in [2.24, 2.45) is 10.2 Å². The van der Waals surface area contributed by atoms with Gasteiger partial charge in [-0.25, -0.2) is 4.21 Å². The van der Waals surface area contributed by atoms with Crippen molar-refractivity contribution in [3.63, 3.8) is 0 Å². The van der Waals surface area contributed by atoms with E-state index in [4.69, 9.17) is 0 Å². The molecule has 3 aromatic rings. The maximum atomic E-state index is 12.0. The van der Waals surface area contributed by atoms with E-state index in [1.807, 2.05) is 54.6 Å². The Morgan fingerprint density at radius 1 is 0.864 bits per heavy atom. The maximum absolute atomic E-state index is 12.0. The Morgan fingerprint density at radius 2 is 1.50 bits per heavy atom. The van der Waals surface area contributed by atoms with E-state index in [1.54, 1.807) is 12.1 Å². The van der Waals surface area contributed by atoms with Crippen LogP contribution in [0.15, 0.2) is 81.9 Å². The Balaban J connectivity index is 2.14. The lowest BCUT2D eigenvalue weighted by Gasteiger charge is -2.08. The van der Waals surface area contributed by atoms with Crippen LogP contribution < -0.4 is 0 Å². The van der Waals surface area contributed by atoms with Crippen LogP contribution in [-0.2, 0) is 9.80 Å². The van der Waals surface area contributed by atoms with Crippen LogP contribution in [0.1, 0.15) is 0 Å². The predicted molar refractivity (Wildman–Crippen MR) is 90.7 cm³/mol. The zero-order chi connectivity index (χ0) is 15.6. The predicted octanol–water partition coefficient (Wildman–Crippen LogP) is 4.80. The molecular weight excluding hydrogens is 296 g/mol. The number of hydrogen-bond acceptors (Lipinski definition) is 3. The molecule has 0 aliphatic heterocycles. The molecule has 1 unspecified atom stereocenters. The van der Waals surface area contributed by atoms with Crippen molar-refractivity contribution in [2.45, 2.75) is 4.90 Å². The number of nitrogens with zero attached hydrogens (tertiary/aromatic N) is 2. The van der Waals surface area contributed by atoms with Crippen molar-refractivity contribution < 1.29 is 8.76 Å². The van der Waals surface area contributed by atoms with Crippen LogP contribution in [0.25, 0.3) is 10.8 Å². The summed E-state index contributed by atoms with van der Waals surface area (Å²) >= 11 is 0. The number of benzene rings is 3. The second kappa shape index (κ2) is 5.71. The lowest BCUT2D eigenvalue weighted by atomic mass is 10.1. The van der Waals surface area contributed by atoms with Crippen molar-refractivity contribution in [3.8, 4) is 0 Å². The van der Waals surface area contributed by atoms with Gasteiger partial charge in [0.05, 0.1) is 16.3 Å². The average Bonchev–Trinajstić information content (AvgIpc) is 2.52. The molecule has 0 fully saturated rings. The molecule has 1 atom stereocenters. The molecule has 0 bridgehead atoms. The van der Waals surface area contributed by atoms with Crippen molar-refractivity contribution in [2.75, 3.05) is 0 Å². The molecule has 4 nitrogen and oxygen atoms in total. The Bertz CT molecular complexity index is 949. The molecule has 0 heterocycles. The van der Waals surface area contributed by atoms with Gasteiger partial charge in [0.1, 0.15) is 9.80 Å². The van der Waals surface area contributed by atoms with Crippen molar-refractivity contribution in [1.29, 1.82) is 0 Å². The summed E-state index contributed by atoms with van der Waals surface area (Å²) in [6.07, 6.45) is 0. The van der Waals surface area contributed by atoms with E-state index in [0.717, 1.165) is 11.1 Å². The number of fused-ring (bicyclic) bond motifs is 1. The smallest absolute Gasteiger partial charge is 0.104 e. The summed E-state index contributed by atoms with van der Waals surface area (Å²) in [7, 11) is -3.34. The van der Waals surface area contributed by atoms with E-state index in [-0.39, 0.29) is 4.90 Å². The van der Waals surface area contributed by atoms with E-state index in [1.165, 1.54) is 0 Å². The van der Waals surface area contributed by atoms with Gasteiger partial charge in [0, 0.05) is 0 Å². The van der Waals surface area contributed by atoms with Gasteiger partial charge in [-0.3, -0.25) is 0 Å². The average molecular weight is 310 g/mol. The highest BCUT2D eigenvalue weighted by molar-refractivity contribution is 7.95. The quantitative estimate of drug-likeness (QED) is 0.557. The fraction of sp³-hybridized carbons (Fsp3) is 0. The Morgan fingerprint density at radius 3 is 2.23 bits per heavy atom. The zero-order valence-electron chi connectivity index (χ0n) is 11.7. The molecule has 1 N–H and O–H groups in total. The summed E-state index contributed by atoms with van der Waals surface area (Å²) < 4.78 is 21.8. The molecule has 110 valence electrons. The third-order valence-corrected chi connectivity index (χ3v) is 4.21. The van der Waals surface area contributed by atoms with Crippen LogP contribution in [0, 0.1) is 0 Å². The SMILES string of the molecule is C=S(=O)(O)c1cc(N=Nc2ccccc2)cc2ccccc12. The Kier molecular flexibility index (Phi) is 3.75. The van der Waals surface area contributed by atoms with E-state index in [0.29, 0.717) is 11.1 Å². The molecule has 3 rings (SSSR count). The summed E-state index contributed by atoms with van der Waals surface area (Å²) in [5, 5.41) is 9.82. The Labute approximate surface area is 129 Å². The zero-order valence-corrected chi connectivity index (χ0v) is 12.5. The van der Waals surface area contributed by atoms with Gasteiger partial charge in [0.2, 0.25) is 0 Å². The van der Waals surface area contributed by atoms with Gasteiger partial charge in [-0.2, -0.15) is 10.2 Å². The summed E-state index contributed by atoms with van der Waals surface area (Å²) in [5.41, 5.74) is 1.24. The first-order chi connectivity index (χ1) is 10.5. The van der Waals surface area contributed by atoms with Crippen molar-refractivity contribution >= 4 is 37.8 Å². The van der Waals surface area contributed by atoms with Gasteiger partial charge in [-0.05, 0) is 40.9 Å². The van der Waals surface area contributed by atoms with Crippen LogP contribution in [0.4, 0.5) is 11.4 Å². The molecule has 0 aliphatic carbocycles. The third kappa shape index (κ3) is 3.05. The monoisotopic (exact) mass is 310 g/mol. The molecule has 3 aromatic carbocycles. The highest BCUT2D eigenvalue weighted by Crippen LogP contribution is 2.29. The molecule has 0 saturated carbocycles. The standard InChI is InChI=1S/C17H14N2O2S/c1-22(20,21)17-12-15(11-13-7-5-6-10-16(13)17)19-18-14-8-3-2-4-9-14/h2-12H,1H2,(H,20,21). The minimum Gasteiger partial charge on any atom is -0.310 e. The van der Waals surface area contributed by atoms with Gasteiger partial charge in [0.15, 0.2) is 0 Å². The first-order valence-corrected chi connectivity index (χ1v) is 8.32. The molecular formula is C17H14N2O2S. The largest absolute Gasteiger partial charge is 0.310 e. The Hall–Kier alpha value is -2.50. The van der Waals surface area contributed by atoms with Gasteiger partial charge >= 0.3 is 0 Å². The molecule has 0 saturated heterocycles. The van der Waals surface area contributed by atoms with Gasteiger partial charge in [0.25, 0.3) is 0 Å². The molecule has 0 aliphatic rings. The highest BCUT2D eigenvalue weighted by Gasteiger charge is 2.10. The van der Waals surface area contributed by atoms with Crippen LogP contribution >= 0.6 is 0 Å². The number of hydrogen-bond donors (Lipinski definition) is 1. The van der Waals surface area contributed by atoms with Crippen LogP contribution in [0.5, 0.6) is 0 Å². The summed E-state index contributed by atoms with van der Waals surface area (Å²) in [6.45, 7) is 0. The van der Waals surface area contributed by atoms with E-state index in [9.17, 15) is 8.76 Å². The van der Waals surface area contributed by atoms with Gasteiger partial charge in [-0.15, -0.1) is 0 Å². The van der Waals surface area contributed by atoms with E-state index in [2.05, 4.69) is 16.1 Å². The normalized spacial score (nSPS) is 14.2. The molecule has 5 heteroatoms. The van der Waals surface area contributed by atoms with Gasteiger partial charge < -0.3 is 4.55 Å². The van der Waals surface area contributed by atoms with Crippen molar-refractivity contribution in [3.05, 3.63) is 66.7 Å². The van der Waals surface area contributed by atoms with Gasteiger partial charge in [-0.1, -0.05) is 42.5 Å². The summed E-state index contributed by atoms with van der Waals surface area (Å²) in [4.78, 5) is 0.271. The number of azo groups is 1. The molecule has 0 spiro atoms. The topological polar surface area (TPSA) is 62.0 Å². The third-order valence-electron chi connectivity index (χ3n) is 3.19. The van der Waals surface area contributed by atoms with E-state index >= 15 is 0 Å². The minimum absolute atomic E-state index is 0.271. The maximum Gasteiger partial charge on any atom is 0.104 e. The van der Waals surface area contributed by atoms with E-state index < -0.39 is 9.80 Å². The summed E-state index contributed by atoms with van der Waals surface area (Å²) in [5.74, 6) is 3.36. The lowest BCUT2D eigenvalue weighted by Crippen LogP contribution is -1.98. The molecule has 0 aromatic heterocycles.